The second-order valence-corrected chi connectivity index (χ2v) is 9.05. The van der Waals surface area contributed by atoms with Crippen molar-refractivity contribution in [2.24, 2.45) is 0 Å². The van der Waals surface area contributed by atoms with E-state index in [1.807, 2.05) is 73.7 Å². The van der Waals surface area contributed by atoms with Gasteiger partial charge in [-0.2, -0.15) is 0 Å². The Morgan fingerprint density at radius 2 is 1.79 bits per heavy atom. The van der Waals surface area contributed by atoms with Crippen LogP contribution in [0.2, 0.25) is 0 Å². The van der Waals surface area contributed by atoms with E-state index in [1.165, 1.54) is 0 Å². The average Bonchev–Trinajstić information content (AvgIpc) is 2.99. The maximum absolute atomic E-state index is 13.4. The monoisotopic (exact) mass is 409 g/mol. The van der Waals surface area contributed by atoms with E-state index in [4.69, 9.17) is 4.74 Å². The molecule has 29 heavy (non-hydrogen) atoms. The van der Waals surface area contributed by atoms with Crippen molar-refractivity contribution in [3.8, 4) is 0 Å². The number of nitrogens with zero attached hydrogens (tertiary/aromatic N) is 1. The third-order valence-electron chi connectivity index (χ3n) is 5.37. The van der Waals surface area contributed by atoms with Gasteiger partial charge in [0.2, 0.25) is 5.91 Å². The Morgan fingerprint density at radius 3 is 2.31 bits per heavy atom. The van der Waals surface area contributed by atoms with Crippen LogP contribution in [0.15, 0.2) is 72.8 Å². The van der Waals surface area contributed by atoms with Crippen molar-refractivity contribution in [3.63, 3.8) is 0 Å². The summed E-state index contributed by atoms with van der Waals surface area (Å²) in [7, 11) is 0. The molecule has 2 fully saturated rings. The third kappa shape index (κ3) is 3.70. The molecule has 150 valence electrons. The summed E-state index contributed by atoms with van der Waals surface area (Å²) in [4.78, 5) is 27.3. The number of fused-ring (bicyclic) bond motifs is 1. The third-order valence-corrected chi connectivity index (χ3v) is 6.91. The summed E-state index contributed by atoms with van der Waals surface area (Å²) in [6, 6.07) is 18.5. The highest BCUT2D eigenvalue weighted by Gasteiger charge is 2.60. The Bertz CT molecular complexity index is 877. The SMILES string of the molecule is C[C@@]1(/C=C/CO)S[C@@H]2CC(=O)N2[C@H]1C(=O)OC(c1ccccc1)c1ccccc1. The molecule has 0 spiro atoms. The standard InChI is InChI=1S/C23H23NO4S/c1-23(13-8-14-25)21(24-18(26)15-19(24)29-23)22(27)28-20(16-9-4-2-5-10-16)17-11-6-3-7-12-17/h2-13,19-21,25H,14-15H2,1H3/b13-8+/t19-,21+,23+/m1/s1. The largest absolute Gasteiger partial charge is 0.451 e. The molecule has 6 heteroatoms. The number of hydrogen-bond donors (Lipinski definition) is 1. The minimum atomic E-state index is -0.725. The van der Waals surface area contributed by atoms with E-state index in [2.05, 4.69) is 0 Å². The van der Waals surface area contributed by atoms with Crippen molar-refractivity contribution in [1.29, 1.82) is 0 Å². The Balaban J connectivity index is 1.66. The molecule has 2 aromatic carbocycles. The fraction of sp³-hybridized carbons (Fsp3) is 0.304. The second kappa shape index (κ2) is 8.05. The number of carbonyl (C=O) groups excluding carboxylic acids is 2. The molecule has 3 atom stereocenters. The zero-order valence-corrected chi connectivity index (χ0v) is 16.9. The molecule has 1 N–H and O–H groups in total. The molecular formula is C23H23NO4S. The fourth-order valence-electron chi connectivity index (χ4n) is 3.97. The summed E-state index contributed by atoms with van der Waals surface area (Å²) in [6.07, 6.45) is 3.30. The number of thioether (sulfide) groups is 1. The highest BCUT2D eigenvalue weighted by molar-refractivity contribution is 8.01. The minimum Gasteiger partial charge on any atom is -0.451 e. The van der Waals surface area contributed by atoms with Crippen LogP contribution >= 0.6 is 11.8 Å². The molecule has 0 unspecified atom stereocenters. The number of esters is 1. The van der Waals surface area contributed by atoms with E-state index >= 15 is 0 Å². The molecule has 2 saturated heterocycles. The van der Waals surface area contributed by atoms with Gasteiger partial charge in [-0.25, -0.2) is 4.79 Å². The first-order valence-electron chi connectivity index (χ1n) is 9.61. The molecule has 0 saturated carbocycles. The first-order valence-corrected chi connectivity index (χ1v) is 10.5. The van der Waals surface area contributed by atoms with Crippen molar-refractivity contribution >= 4 is 23.6 Å². The van der Waals surface area contributed by atoms with Gasteiger partial charge in [0.25, 0.3) is 0 Å². The number of carbonyl (C=O) groups is 2. The lowest BCUT2D eigenvalue weighted by Crippen LogP contribution is -2.57. The zero-order chi connectivity index (χ0) is 20.4. The van der Waals surface area contributed by atoms with E-state index in [0.717, 1.165) is 11.1 Å². The highest BCUT2D eigenvalue weighted by Crippen LogP contribution is 2.52. The number of β-lactam (4-membered cyclic amide) rings is 1. The van der Waals surface area contributed by atoms with Gasteiger partial charge in [-0.05, 0) is 18.1 Å². The predicted molar refractivity (Wildman–Crippen MR) is 112 cm³/mol. The van der Waals surface area contributed by atoms with Gasteiger partial charge in [0.05, 0.1) is 23.1 Å². The first-order chi connectivity index (χ1) is 14.0. The zero-order valence-electron chi connectivity index (χ0n) is 16.1. The molecule has 2 aliphatic rings. The molecule has 2 aliphatic heterocycles. The van der Waals surface area contributed by atoms with Gasteiger partial charge < -0.3 is 14.7 Å². The van der Waals surface area contributed by atoms with Gasteiger partial charge in [0.15, 0.2) is 6.10 Å². The second-order valence-electron chi connectivity index (χ2n) is 7.39. The van der Waals surface area contributed by atoms with E-state index in [1.54, 1.807) is 22.7 Å². The smallest absolute Gasteiger partial charge is 0.331 e. The van der Waals surface area contributed by atoms with Crippen molar-refractivity contribution in [1.82, 2.24) is 4.90 Å². The summed E-state index contributed by atoms with van der Waals surface area (Å²) in [5, 5.41) is 9.19. The number of ether oxygens (including phenoxy) is 1. The number of benzene rings is 2. The molecular weight excluding hydrogens is 386 g/mol. The Hall–Kier alpha value is -2.57. The van der Waals surface area contributed by atoms with E-state index in [-0.39, 0.29) is 17.9 Å². The molecule has 2 heterocycles. The molecule has 0 radical (unpaired) electrons. The Morgan fingerprint density at radius 1 is 1.21 bits per heavy atom. The molecule has 0 aromatic heterocycles. The van der Waals surface area contributed by atoms with E-state index in [0.29, 0.717) is 6.42 Å². The number of amides is 1. The average molecular weight is 410 g/mol. The van der Waals surface area contributed by atoms with Crippen LogP contribution in [0, 0.1) is 0 Å². The van der Waals surface area contributed by atoms with Gasteiger partial charge in [0.1, 0.15) is 6.04 Å². The van der Waals surface area contributed by atoms with Gasteiger partial charge in [0, 0.05) is 0 Å². The van der Waals surface area contributed by atoms with E-state index in [9.17, 15) is 14.7 Å². The Labute approximate surface area is 174 Å². The Kier molecular flexibility index (Phi) is 5.48. The normalized spacial score (nSPS) is 25.9. The van der Waals surface area contributed by atoms with Crippen LogP contribution in [-0.4, -0.2) is 44.7 Å². The van der Waals surface area contributed by atoms with Gasteiger partial charge in [-0.3, -0.25) is 4.79 Å². The number of aliphatic hydroxyl groups is 1. The minimum absolute atomic E-state index is 0.0275. The summed E-state index contributed by atoms with van der Waals surface area (Å²) in [5.41, 5.74) is 1.74. The van der Waals surface area contributed by atoms with Crippen LogP contribution in [0.25, 0.3) is 0 Å². The molecule has 2 aromatic rings. The van der Waals surface area contributed by atoms with Crippen molar-refractivity contribution in [2.75, 3.05) is 6.61 Å². The van der Waals surface area contributed by atoms with Crippen LogP contribution in [0.3, 0.4) is 0 Å². The van der Waals surface area contributed by atoms with Crippen molar-refractivity contribution < 1.29 is 19.4 Å². The maximum Gasteiger partial charge on any atom is 0.331 e. The molecule has 1 amide bonds. The fourth-order valence-corrected chi connectivity index (χ4v) is 5.65. The van der Waals surface area contributed by atoms with Crippen molar-refractivity contribution in [3.05, 3.63) is 83.9 Å². The predicted octanol–water partition coefficient (Wildman–Crippen LogP) is 3.30. The topological polar surface area (TPSA) is 66.8 Å². The van der Waals surface area contributed by atoms with Gasteiger partial charge in [-0.1, -0.05) is 72.8 Å². The lowest BCUT2D eigenvalue weighted by Gasteiger charge is -2.38. The summed E-state index contributed by atoms with van der Waals surface area (Å²) < 4.78 is 5.40. The van der Waals surface area contributed by atoms with Crippen molar-refractivity contribution in [2.45, 2.75) is 35.6 Å². The van der Waals surface area contributed by atoms with Gasteiger partial charge in [-0.15, -0.1) is 11.8 Å². The molecule has 4 rings (SSSR count). The summed E-state index contributed by atoms with van der Waals surface area (Å²) in [5.74, 6) is -0.475. The van der Waals surface area contributed by atoms with Crippen LogP contribution in [-0.2, 0) is 14.3 Å². The summed E-state index contributed by atoms with van der Waals surface area (Å²) in [6.45, 7) is 1.80. The lowest BCUT2D eigenvalue weighted by molar-refractivity contribution is -0.163. The number of rotatable bonds is 6. The molecule has 0 aliphatic carbocycles. The number of aliphatic hydroxyl groups excluding tert-OH is 1. The van der Waals surface area contributed by atoms with E-state index < -0.39 is 22.9 Å². The first kappa shape index (κ1) is 19.7. The van der Waals surface area contributed by atoms with Crippen LogP contribution in [0.1, 0.15) is 30.6 Å². The summed E-state index contributed by atoms with van der Waals surface area (Å²) >= 11 is 1.57. The van der Waals surface area contributed by atoms with Crippen LogP contribution in [0.5, 0.6) is 0 Å². The highest BCUT2D eigenvalue weighted by atomic mass is 32.2. The maximum atomic E-state index is 13.4. The van der Waals surface area contributed by atoms with Crippen LogP contribution in [0.4, 0.5) is 0 Å². The van der Waals surface area contributed by atoms with Crippen LogP contribution < -0.4 is 0 Å². The molecule has 5 nitrogen and oxygen atoms in total. The quantitative estimate of drug-likeness (QED) is 0.451. The number of hydrogen-bond acceptors (Lipinski definition) is 5. The molecule has 0 bridgehead atoms. The lowest BCUT2D eigenvalue weighted by atomic mass is 9.95. The van der Waals surface area contributed by atoms with Gasteiger partial charge >= 0.3 is 5.97 Å².